The molecule has 0 aromatic carbocycles. The van der Waals surface area contributed by atoms with E-state index in [1.54, 1.807) is 0 Å². The number of ether oxygens (including phenoxy) is 1. The van der Waals surface area contributed by atoms with Crippen LogP contribution in [0.5, 0.6) is 0 Å². The van der Waals surface area contributed by atoms with Crippen molar-refractivity contribution in [2.45, 2.75) is 32.3 Å². The molecule has 0 radical (unpaired) electrons. The molecule has 2 atom stereocenters. The lowest BCUT2D eigenvalue weighted by atomic mass is 9.79. The van der Waals surface area contributed by atoms with Gasteiger partial charge in [0.1, 0.15) is 0 Å². The number of aliphatic hydroxyl groups is 2. The number of likely N-dealkylation sites (tertiary alicyclic amines) is 1. The molecule has 2 N–H and O–H groups in total. The number of hydrogen-bond acceptors (Lipinski definition) is 4. The van der Waals surface area contributed by atoms with E-state index in [9.17, 15) is 10.2 Å². The van der Waals surface area contributed by atoms with E-state index in [0.29, 0.717) is 5.92 Å². The zero-order valence-electron chi connectivity index (χ0n) is 10.8. The van der Waals surface area contributed by atoms with E-state index in [2.05, 4.69) is 11.8 Å². The first kappa shape index (κ1) is 13.3. The molecule has 4 heteroatoms. The van der Waals surface area contributed by atoms with Gasteiger partial charge in [0.25, 0.3) is 0 Å². The Morgan fingerprint density at radius 2 is 2.06 bits per heavy atom. The highest BCUT2D eigenvalue weighted by Crippen LogP contribution is 2.32. The summed E-state index contributed by atoms with van der Waals surface area (Å²) < 4.78 is 5.38. The van der Waals surface area contributed by atoms with Crippen LogP contribution in [-0.2, 0) is 4.74 Å². The van der Waals surface area contributed by atoms with E-state index in [1.807, 2.05) is 0 Å². The van der Waals surface area contributed by atoms with Gasteiger partial charge in [-0.2, -0.15) is 0 Å². The molecule has 100 valence electrons. The van der Waals surface area contributed by atoms with E-state index < -0.39 is 0 Å². The molecule has 17 heavy (non-hydrogen) atoms. The first-order valence-corrected chi connectivity index (χ1v) is 6.74. The van der Waals surface area contributed by atoms with Crippen molar-refractivity contribution in [1.82, 2.24) is 4.90 Å². The maximum atomic E-state index is 9.73. The van der Waals surface area contributed by atoms with E-state index in [1.165, 1.54) is 0 Å². The number of aliphatic hydroxyl groups excluding tert-OH is 2. The smallest absolute Gasteiger partial charge is 0.0590 e. The second kappa shape index (κ2) is 5.65. The summed E-state index contributed by atoms with van der Waals surface area (Å²) in [6.45, 7) is 6.75. The zero-order chi connectivity index (χ0) is 12.3. The Bertz CT molecular complexity index is 241. The fourth-order valence-corrected chi connectivity index (χ4v) is 3.01. The number of rotatable bonds is 3. The van der Waals surface area contributed by atoms with Gasteiger partial charge in [-0.25, -0.2) is 0 Å². The first-order chi connectivity index (χ1) is 8.15. The topological polar surface area (TPSA) is 52.9 Å². The molecule has 2 aliphatic rings. The SMILES string of the molecule is CC1CN(CC2(CO)CCOCC2)CCC1O. The Kier molecular flexibility index (Phi) is 4.42. The van der Waals surface area contributed by atoms with Crippen LogP contribution in [0.15, 0.2) is 0 Å². The third-order valence-electron chi connectivity index (χ3n) is 4.39. The third-order valence-corrected chi connectivity index (χ3v) is 4.39. The second-order valence-electron chi connectivity index (χ2n) is 5.84. The van der Waals surface area contributed by atoms with Gasteiger partial charge in [0, 0.05) is 38.3 Å². The predicted octanol–water partition coefficient (Wildman–Crippen LogP) is 0.478. The van der Waals surface area contributed by atoms with Gasteiger partial charge in [0.2, 0.25) is 0 Å². The lowest BCUT2D eigenvalue weighted by Crippen LogP contribution is -2.49. The van der Waals surface area contributed by atoms with Crippen LogP contribution >= 0.6 is 0 Å². The van der Waals surface area contributed by atoms with Crippen molar-refractivity contribution in [3.8, 4) is 0 Å². The first-order valence-electron chi connectivity index (χ1n) is 6.74. The van der Waals surface area contributed by atoms with E-state index in [4.69, 9.17) is 4.74 Å². The molecule has 0 aromatic rings. The van der Waals surface area contributed by atoms with Gasteiger partial charge in [0.05, 0.1) is 12.7 Å². The van der Waals surface area contributed by atoms with Crippen molar-refractivity contribution in [2.24, 2.45) is 11.3 Å². The van der Waals surface area contributed by atoms with Crippen LogP contribution in [0.1, 0.15) is 26.2 Å². The number of hydrogen-bond donors (Lipinski definition) is 2. The molecule has 0 bridgehead atoms. The van der Waals surface area contributed by atoms with Crippen LogP contribution in [0.2, 0.25) is 0 Å². The van der Waals surface area contributed by atoms with Crippen molar-refractivity contribution in [1.29, 1.82) is 0 Å². The monoisotopic (exact) mass is 243 g/mol. The minimum atomic E-state index is -0.147. The lowest BCUT2D eigenvalue weighted by molar-refractivity contribution is -0.0500. The largest absolute Gasteiger partial charge is 0.396 e. The van der Waals surface area contributed by atoms with Crippen molar-refractivity contribution in [3.05, 3.63) is 0 Å². The Morgan fingerprint density at radius 1 is 1.35 bits per heavy atom. The number of nitrogens with zero attached hydrogens (tertiary/aromatic N) is 1. The summed E-state index contributed by atoms with van der Waals surface area (Å²) in [6.07, 6.45) is 2.62. The summed E-state index contributed by atoms with van der Waals surface area (Å²) in [5, 5.41) is 19.4. The van der Waals surface area contributed by atoms with Gasteiger partial charge in [-0.3, -0.25) is 0 Å². The molecule has 0 amide bonds. The molecule has 2 unspecified atom stereocenters. The van der Waals surface area contributed by atoms with Crippen molar-refractivity contribution < 1.29 is 14.9 Å². The summed E-state index contributed by atoms with van der Waals surface area (Å²) in [4.78, 5) is 2.40. The van der Waals surface area contributed by atoms with Gasteiger partial charge in [-0.05, 0) is 25.2 Å². The lowest BCUT2D eigenvalue weighted by Gasteiger charge is -2.43. The highest BCUT2D eigenvalue weighted by Gasteiger charge is 2.35. The number of piperidine rings is 1. The predicted molar refractivity (Wildman–Crippen MR) is 65.8 cm³/mol. The van der Waals surface area contributed by atoms with Crippen LogP contribution in [-0.4, -0.2) is 60.7 Å². The molecule has 2 saturated heterocycles. The molecular formula is C13H25NO3. The van der Waals surface area contributed by atoms with Gasteiger partial charge in [-0.15, -0.1) is 0 Å². The van der Waals surface area contributed by atoms with Gasteiger partial charge < -0.3 is 19.8 Å². The van der Waals surface area contributed by atoms with Crippen LogP contribution in [0, 0.1) is 11.3 Å². The molecular weight excluding hydrogens is 218 g/mol. The highest BCUT2D eigenvalue weighted by molar-refractivity contribution is 4.87. The standard InChI is InChI=1S/C13H25NO3/c1-11-8-14(5-2-12(11)16)9-13(10-15)3-6-17-7-4-13/h11-12,15-16H,2-10H2,1H3. The maximum absolute atomic E-state index is 9.73. The fraction of sp³-hybridized carbons (Fsp3) is 1.00. The van der Waals surface area contributed by atoms with E-state index in [-0.39, 0.29) is 18.1 Å². The Balaban J connectivity index is 1.90. The average molecular weight is 243 g/mol. The molecule has 2 fully saturated rings. The summed E-state index contributed by atoms with van der Waals surface area (Å²) in [7, 11) is 0. The van der Waals surface area contributed by atoms with Gasteiger partial charge >= 0.3 is 0 Å². The minimum absolute atomic E-state index is 0.0280. The van der Waals surface area contributed by atoms with Crippen molar-refractivity contribution in [2.75, 3.05) is 39.5 Å². The highest BCUT2D eigenvalue weighted by atomic mass is 16.5. The van der Waals surface area contributed by atoms with Crippen LogP contribution in [0.4, 0.5) is 0 Å². The zero-order valence-corrected chi connectivity index (χ0v) is 10.8. The summed E-state index contributed by atoms with van der Waals surface area (Å²) in [6, 6.07) is 0. The molecule has 2 heterocycles. The molecule has 2 rings (SSSR count). The Labute approximate surface area is 104 Å². The summed E-state index contributed by atoms with van der Waals surface area (Å²) in [5.74, 6) is 0.347. The quantitative estimate of drug-likeness (QED) is 0.757. The Morgan fingerprint density at radius 3 is 2.65 bits per heavy atom. The fourth-order valence-electron chi connectivity index (χ4n) is 3.01. The summed E-state index contributed by atoms with van der Waals surface area (Å²) in [5.41, 5.74) is 0.0280. The molecule has 0 saturated carbocycles. The van der Waals surface area contributed by atoms with Crippen LogP contribution in [0.3, 0.4) is 0 Å². The molecule has 0 aromatic heterocycles. The third kappa shape index (κ3) is 3.19. The molecule has 0 spiro atoms. The van der Waals surface area contributed by atoms with Crippen LogP contribution < -0.4 is 0 Å². The molecule has 4 nitrogen and oxygen atoms in total. The normalized spacial score (nSPS) is 34.8. The average Bonchev–Trinajstić information content (AvgIpc) is 2.35. The maximum Gasteiger partial charge on any atom is 0.0590 e. The molecule has 2 aliphatic heterocycles. The van der Waals surface area contributed by atoms with Crippen LogP contribution in [0.25, 0.3) is 0 Å². The van der Waals surface area contributed by atoms with Crippen molar-refractivity contribution in [3.63, 3.8) is 0 Å². The summed E-state index contributed by atoms with van der Waals surface area (Å²) >= 11 is 0. The second-order valence-corrected chi connectivity index (χ2v) is 5.84. The molecule has 0 aliphatic carbocycles. The van der Waals surface area contributed by atoms with E-state index >= 15 is 0 Å². The van der Waals surface area contributed by atoms with Gasteiger partial charge in [-0.1, -0.05) is 6.92 Å². The van der Waals surface area contributed by atoms with Gasteiger partial charge in [0.15, 0.2) is 0 Å². The van der Waals surface area contributed by atoms with Crippen molar-refractivity contribution >= 4 is 0 Å². The Hall–Kier alpha value is -0.160. The minimum Gasteiger partial charge on any atom is -0.396 e. The van der Waals surface area contributed by atoms with E-state index in [0.717, 1.165) is 52.1 Å².